The van der Waals surface area contributed by atoms with Crippen molar-refractivity contribution in [3.05, 3.63) is 71.8 Å². The van der Waals surface area contributed by atoms with Crippen molar-refractivity contribution >= 4 is 23.7 Å². The molecule has 3 amide bonds. The van der Waals surface area contributed by atoms with Crippen molar-refractivity contribution in [2.24, 2.45) is 5.92 Å². The van der Waals surface area contributed by atoms with Crippen LogP contribution in [-0.4, -0.2) is 80.1 Å². The second kappa shape index (κ2) is 17.1. The van der Waals surface area contributed by atoms with Gasteiger partial charge >= 0.3 is 6.09 Å². The first kappa shape index (κ1) is 31.8. The lowest BCUT2D eigenvalue weighted by atomic mass is 9.99. The highest BCUT2D eigenvalue weighted by atomic mass is 16.5. The van der Waals surface area contributed by atoms with Crippen molar-refractivity contribution in [2.75, 3.05) is 39.4 Å². The lowest BCUT2D eigenvalue weighted by Gasteiger charge is -2.26. The Balaban J connectivity index is 1.60. The molecule has 1 saturated heterocycles. The van der Waals surface area contributed by atoms with Crippen LogP contribution in [0.2, 0.25) is 0 Å². The summed E-state index contributed by atoms with van der Waals surface area (Å²) >= 11 is 0. The van der Waals surface area contributed by atoms with E-state index in [2.05, 4.69) is 20.9 Å². The van der Waals surface area contributed by atoms with E-state index < -0.39 is 35.8 Å². The molecule has 0 bridgehead atoms. The highest BCUT2D eigenvalue weighted by Gasteiger charge is 2.31. The summed E-state index contributed by atoms with van der Waals surface area (Å²) in [6, 6.07) is 16.3. The van der Waals surface area contributed by atoms with Gasteiger partial charge in [0.05, 0.1) is 13.2 Å². The SMILES string of the molecule is CC(C)C[C@H](NC(=O)OCc1ccccc1)C(=O)N[C@@H](Cc1ccccc1)C(=O)C(=O)NCCCN1CCOCC1. The number of ether oxygens (including phenoxy) is 2. The zero-order chi connectivity index (χ0) is 29.5. The average molecular weight is 567 g/mol. The molecule has 0 unspecified atom stereocenters. The van der Waals surface area contributed by atoms with Crippen molar-refractivity contribution in [1.29, 1.82) is 0 Å². The fraction of sp³-hybridized carbons (Fsp3) is 0.484. The summed E-state index contributed by atoms with van der Waals surface area (Å²) in [7, 11) is 0. The van der Waals surface area contributed by atoms with E-state index in [0.717, 1.165) is 30.8 Å². The van der Waals surface area contributed by atoms with Crippen molar-refractivity contribution in [1.82, 2.24) is 20.9 Å². The van der Waals surface area contributed by atoms with E-state index in [1.54, 1.807) is 0 Å². The standard InChI is InChI=1S/C31H42N4O6/c1-23(2)20-27(34-31(39)41-22-25-12-7-4-8-13-25)29(37)33-26(21-24-10-5-3-6-11-24)28(36)30(38)32-14-9-15-35-16-18-40-19-17-35/h3-8,10-13,23,26-27H,9,14-22H2,1-2H3,(H,32,38)(H,33,37)(H,34,39)/t26-,27-/m0/s1. The third-order valence-electron chi connectivity index (χ3n) is 6.71. The lowest BCUT2D eigenvalue weighted by molar-refractivity contribution is -0.140. The molecule has 2 atom stereocenters. The van der Waals surface area contributed by atoms with Crippen LogP contribution in [0.25, 0.3) is 0 Å². The molecule has 0 saturated carbocycles. The summed E-state index contributed by atoms with van der Waals surface area (Å²) in [6.45, 7) is 8.15. The molecule has 1 aliphatic rings. The molecule has 10 heteroatoms. The van der Waals surface area contributed by atoms with Gasteiger partial charge in [0.15, 0.2) is 0 Å². The van der Waals surface area contributed by atoms with Crippen LogP contribution >= 0.6 is 0 Å². The van der Waals surface area contributed by atoms with E-state index in [9.17, 15) is 19.2 Å². The molecule has 1 aliphatic heterocycles. The predicted octanol–water partition coefficient (Wildman–Crippen LogP) is 2.46. The molecule has 2 aromatic rings. The van der Waals surface area contributed by atoms with Gasteiger partial charge in [0.1, 0.15) is 18.7 Å². The molecule has 222 valence electrons. The number of carbonyl (C=O) groups excluding carboxylic acids is 4. The minimum atomic E-state index is -1.10. The number of benzene rings is 2. The topological polar surface area (TPSA) is 126 Å². The molecule has 2 aromatic carbocycles. The van der Waals surface area contributed by atoms with Gasteiger partial charge in [-0.2, -0.15) is 0 Å². The predicted molar refractivity (Wildman–Crippen MR) is 155 cm³/mol. The van der Waals surface area contributed by atoms with Gasteiger partial charge in [-0.1, -0.05) is 74.5 Å². The lowest BCUT2D eigenvalue weighted by Crippen LogP contribution is -2.55. The molecular weight excluding hydrogens is 524 g/mol. The smallest absolute Gasteiger partial charge is 0.408 e. The molecule has 3 N–H and O–H groups in total. The van der Waals surface area contributed by atoms with Gasteiger partial charge in [-0.05, 0) is 36.4 Å². The van der Waals surface area contributed by atoms with Crippen LogP contribution < -0.4 is 16.0 Å². The zero-order valence-electron chi connectivity index (χ0n) is 24.0. The van der Waals surface area contributed by atoms with Crippen LogP contribution in [0.4, 0.5) is 4.79 Å². The van der Waals surface area contributed by atoms with Gasteiger partial charge in [0.2, 0.25) is 11.7 Å². The van der Waals surface area contributed by atoms with Gasteiger partial charge < -0.3 is 25.4 Å². The first-order valence-electron chi connectivity index (χ1n) is 14.3. The summed E-state index contributed by atoms with van der Waals surface area (Å²) in [5.74, 6) is -1.96. The van der Waals surface area contributed by atoms with Gasteiger partial charge in [-0.25, -0.2) is 4.79 Å². The highest BCUT2D eigenvalue weighted by molar-refractivity contribution is 6.38. The quantitative estimate of drug-likeness (QED) is 0.223. The van der Waals surface area contributed by atoms with Crippen molar-refractivity contribution in [3.8, 4) is 0 Å². The van der Waals surface area contributed by atoms with Crippen LogP contribution in [0, 0.1) is 5.92 Å². The molecule has 41 heavy (non-hydrogen) atoms. The number of ketones is 1. The first-order valence-corrected chi connectivity index (χ1v) is 14.3. The number of morpholine rings is 1. The maximum Gasteiger partial charge on any atom is 0.408 e. The summed E-state index contributed by atoms with van der Waals surface area (Å²) in [5.41, 5.74) is 1.61. The number of Topliss-reactive ketones (excluding diaryl/α,β-unsaturated/α-hetero) is 1. The largest absolute Gasteiger partial charge is 0.445 e. The number of alkyl carbamates (subject to hydrolysis) is 1. The van der Waals surface area contributed by atoms with E-state index in [4.69, 9.17) is 9.47 Å². The zero-order valence-corrected chi connectivity index (χ0v) is 24.0. The Morgan fingerprint density at radius 3 is 2.15 bits per heavy atom. The number of hydrogen-bond donors (Lipinski definition) is 3. The minimum Gasteiger partial charge on any atom is -0.445 e. The normalized spacial score (nSPS) is 15.0. The third-order valence-corrected chi connectivity index (χ3v) is 6.71. The summed E-state index contributed by atoms with van der Waals surface area (Å²) < 4.78 is 10.7. The summed E-state index contributed by atoms with van der Waals surface area (Å²) in [6.07, 6.45) is 0.421. The van der Waals surface area contributed by atoms with Crippen molar-refractivity contribution < 1.29 is 28.7 Å². The second-order valence-corrected chi connectivity index (χ2v) is 10.6. The molecule has 0 radical (unpaired) electrons. The molecule has 1 heterocycles. The van der Waals surface area contributed by atoms with Crippen LogP contribution in [0.15, 0.2) is 60.7 Å². The number of nitrogens with zero attached hydrogens (tertiary/aromatic N) is 1. The number of rotatable bonds is 15. The van der Waals surface area contributed by atoms with Gasteiger partial charge in [0, 0.05) is 26.1 Å². The van der Waals surface area contributed by atoms with Crippen molar-refractivity contribution in [3.63, 3.8) is 0 Å². The molecular formula is C31H42N4O6. The molecule has 10 nitrogen and oxygen atoms in total. The number of hydrogen-bond acceptors (Lipinski definition) is 7. The minimum absolute atomic E-state index is 0.0590. The Kier molecular flexibility index (Phi) is 13.3. The van der Waals surface area contributed by atoms with Crippen LogP contribution in [0.3, 0.4) is 0 Å². The van der Waals surface area contributed by atoms with Gasteiger partial charge in [-0.15, -0.1) is 0 Å². The highest BCUT2D eigenvalue weighted by Crippen LogP contribution is 2.10. The molecule has 0 aliphatic carbocycles. The fourth-order valence-corrected chi connectivity index (χ4v) is 4.52. The fourth-order valence-electron chi connectivity index (χ4n) is 4.52. The Bertz CT molecular complexity index is 1110. The van der Waals surface area contributed by atoms with Crippen LogP contribution in [-0.2, 0) is 36.9 Å². The Morgan fingerprint density at radius 2 is 1.51 bits per heavy atom. The van der Waals surface area contributed by atoms with Crippen LogP contribution in [0.5, 0.6) is 0 Å². The monoisotopic (exact) mass is 566 g/mol. The van der Waals surface area contributed by atoms with E-state index >= 15 is 0 Å². The van der Waals surface area contributed by atoms with E-state index in [1.807, 2.05) is 74.5 Å². The number of amides is 3. The Morgan fingerprint density at radius 1 is 0.878 bits per heavy atom. The molecule has 1 fully saturated rings. The third kappa shape index (κ3) is 11.7. The Hall–Kier alpha value is -3.76. The number of nitrogens with one attached hydrogen (secondary N) is 3. The van der Waals surface area contributed by atoms with Gasteiger partial charge in [0.25, 0.3) is 5.91 Å². The van der Waals surface area contributed by atoms with Crippen LogP contribution in [0.1, 0.15) is 37.8 Å². The number of carbonyl (C=O) groups is 4. The summed E-state index contributed by atoms with van der Waals surface area (Å²) in [4.78, 5) is 54.2. The average Bonchev–Trinajstić information content (AvgIpc) is 2.98. The van der Waals surface area contributed by atoms with Crippen molar-refractivity contribution in [2.45, 2.75) is 51.8 Å². The van der Waals surface area contributed by atoms with E-state index in [0.29, 0.717) is 32.6 Å². The first-order chi connectivity index (χ1) is 19.8. The van der Waals surface area contributed by atoms with Gasteiger partial charge in [-0.3, -0.25) is 19.3 Å². The Labute approximate surface area is 242 Å². The van der Waals surface area contributed by atoms with E-state index in [1.165, 1.54) is 0 Å². The maximum atomic E-state index is 13.4. The van der Waals surface area contributed by atoms with E-state index in [-0.39, 0.29) is 18.9 Å². The molecule has 0 aromatic heterocycles. The molecule has 0 spiro atoms. The molecule has 3 rings (SSSR count). The maximum absolute atomic E-state index is 13.4. The summed E-state index contributed by atoms with van der Waals surface area (Å²) in [5, 5.41) is 8.06. The second-order valence-electron chi connectivity index (χ2n) is 10.6.